The summed E-state index contributed by atoms with van der Waals surface area (Å²) in [5, 5.41) is 0. The maximum Gasteiger partial charge on any atom is 0.223 e. The Kier molecular flexibility index (Phi) is 7.22. The van der Waals surface area contributed by atoms with Gasteiger partial charge < -0.3 is 19.3 Å². The number of ether oxygens (including phenoxy) is 2. The molecule has 6 nitrogen and oxygen atoms in total. The summed E-state index contributed by atoms with van der Waals surface area (Å²) in [5.41, 5.74) is 2.14. The van der Waals surface area contributed by atoms with Gasteiger partial charge in [0, 0.05) is 25.9 Å². The van der Waals surface area contributed by atoms with Crippen LogP contribution in [0.3, 0.4) is 0 Å². The molecule has 2 aromatic carbocycles. The van der Waals surface area contributed by atoms with E-state index in [9.17, 15) is 9.59 Å². The van der Waals surface area contributed by atoms with Gasteiger partial charge in [-0.05, 0) is 25.0 Å². The molecule has 6 heteroatoms. The van der Waals surface area contributed by atoms with E-state index in [1.807, 2.05) is 84.3 Å². The second-order valence-electron chi connectivity index (χ2n) is 8.56. The van der Waals surface area contributed by atoms with Gasteiger partial charge in [-0.1, -0.05) is 60.7 Å². The van der Waals surface area contributed by atoms with E-state index in [0.717, 1.165) is 11.1 Å². The van der Waals surface area contributed by atoms with Crippen LogP contribution in [0.25, 0.3) is 0 Å². The van der Waals surface area contributed by atoms with Crippen molar-refractivity contribution < 1.29 is 19.1 Å². The highest BCUT2D eigenvalue weighted by Gasteiger charge is 2.35. The molecule has 4 atom stereocenters. The van der Waals surface area contributed by atoms with E-state index in [1.165, 1.54) is 0 Å². The monoisotopic (exact) mass is 436 g/mol. The topological polar surface area (TPSA) is 59.1 Å². The van der Waals surface area contributed by atoms with Gasteiger partial charge in [0.1, 0.15) is 12.2 Å². The van der Waals surface area contributed by atoms with Crippen LogP contribution in [0.4, 0.5) is 0 Å². The zero-order chi connectivity index (χ0) is 22.5. The first kappa shape index (κ1) is 22.5. The van der Waals surface area contributed by atoms with E-state index in [2.05, 4.69) is 0 Å². The molecule has 0 aliphatic carbocycles. The Hall–Kier alpha value is -2.70. The number of nitrogens with zero attached hydrogens (tertiary/aromatic N) is 2. The molecule has 2 amide bonds. The zero-order valence-electron chi connectivity index (χ0n) is 18.9. The van der Waals surface area contributed by atoms with E-state index in [1.54, 1.807) is 0 Å². The first-order valence-electron chi connectivity index (χ1n) is 11.5. The molecule has 4 rings (SSSR count). The molecule has 0 N–H and O–H groups in total. The van der Waals surface area contributed by atoms with Crippen molar-refractivity contribution in [2.75, 3.05) is 26.3 Å². The van der Waals surface area contributed by atoms with E-state index < -0.39 is 0 Å². The highest BCUT2D eigenvalue weighted by molar-refractivity contribution is 5.84. The second-order valence-corrected chi connectivity index (χ2v) is 8.56. The predicted octanol–water partition coefficient (Wildman–Crippen LogP) is 3.74. The molecule has 2 aliphatic rings. The van der Waals surface area contributed by atoms with Crippen LogP contribution in [0.2, 0.25) is 0 Å². The smallest absolute Gasteiger partial charge is 0.223 e. The zero-order valence-corrected chi connectivity index (χ0v) is 18.9. The normalized spacial score (nSPS) is 26.1. The largest absolute Gasteiger partial charge is 0.370 e. The number of amides is 2. The average Bonchev–Trinajstić information content (AvgIpc) is 2.83. The summed E-state index contributed by atoms with van der Waals surface area (Å²) in [5.74, 6) is 0.0196. The van der Waals surface area contributed by atoms with Gasteiger partial charge >= 0.3 is 0 Å². The van der Waals surface area contributed by atoms with Crippen LogP contribution in [0, 0.1) is 0 Å². The molecule has 32 heavy (non-hydrogen) atoms. The molecule has 2 heterocycles. The highest BCUT2D eigenvalue weighted by atomic mass is 16.5. The Morgan fingerprint density at radius 3 is 1.47 bits per heavy atom. The molecule has 2 aromatic rings. The van der Waals surface area contributed by atoms with Crippen LogP contribution in [-0.4, -0.2) is 60.0 Å². The Balaban J connectivity index is 1.34. The standard InChI is InChI=1S/C26H32N2O4/c1-19-25(21-9-5-3-6-10-21)31-17-15-27(19)23(29)13-14-24(30)28-16-18-32-26(20(28)2)22-11-7-4-8-12-22/h3-12,19-20,25-26H,13-18H2,1-2H3/t19-,20+,25+,26-. The molecular weight excluding hydrogens is 404 g/mol. The van der Waals surface area contributed by atoms with Crippen molar-refractivity contribution in [3.63, 3.8) is 0 Å². The molecular formula is C26H32N2O4. The van der Waals surface area contributed by atoms with Crippen molar-refractivity contribution in [3.05, 3.63) is 71.8 Å². The molecule has 2 fully saturated rings. The lowest BCUT2D eigenvalue weighted by atomic mass is 9.99. The number of benzene rings is 2. The van der Waals surface area contributed by atoms with Gasteiger partial charge in [0.25, 0.3) is 0 Å². The van der Waals surface area contributed by atoms with Crippen molar-refractivity contribution in [1.29, 1.82) is 0 Å². The number of morpholine rings is 2. The minimum atomic E-state index is -0.143. The Morgan fingerprint density at radius 2 is 1.09 bits per heavy atom. The quantitative estimate of drug-likeness (QED) is 0.716. The first-order valence-corrected chi connectivity index (χ1v) is 11.5. The van der Waals surface area contributed by atoms with Crippen LogP contribution >= 0.6 is 0 Å². The second kappa shape index (κ2) is 10.3. The van der Waals surface area contributed by atoms with Crippen molar-refractivity contribution in [1.82, 2.24) is 9.80 Å². The van der Waals surface area contributed by atoms with Crippen molar-refractivity contribution in [3.8, 4) is 0 Å². The minimum absolute atomic E-state index is 0.00982. The first-order chi connectivity index (χ1) is 15.6. The minimum Gasteiger partial charge on any atom is -0.370 e. The molecule has 2 aliphatic heterocycles. The number of carbonyl (C=O) groups excluding carboxylic acids is 2. The van der Waals surface area contributed by atoms with E-state index in [0.29, 0.717) is 26.3 Å². The molecule has 0 aromatic heterocycles. The lowest BCUT2D eigenvalue weighted by Gasteiger charge is -2.41. The summed E-state index contributed by atoms with van der Waals surface area (Å²) < 4.78 is 11.9. The summed E-state index contributed by atoms with van der Waals surface area (Å²) in [6, 6.07) is 19.9. The van der Waals surface area contributed by atoms with E-state index in [4.69, 9.17) is 9.47 Å². The van der Waals surface area contributed by atoms with Crippen molar-refractivity contribution in [2.24, 2.45) is 0 Å². The third kappa shape index (κ3) is 4.87. The number of rotatable bonds is 5. The average molecular weight is 437 g/mol. The van der Waals surface area contributed by atoms with E-state index >= 15 is 0 Å². The fourth-order valence-corrected chi connectivity index (χ4v) is 4.81. The number of carbonyl (C=O) groups is 2. The van der Waals surface area contributed by atoms with Gasteiger partial charge in [-0.3, -0.25) is 9.59 Å². The maximum atomic E-state index is 13.0. The Bertz CT molecular complexity index is 829. The molecule has 0 spiro atoms. The van der Waals surface area contributed by atoms with E-state index in [-0.39, 0.29) is 48.9 Å². The summed E-state index contributed by atoms with van der Waals surface area (Å²) >= 11 is 0. The number of hydrogen-bond acceptors (Lipinski definition) is 4. The Morgan fingerprint density at radius 1 is 0.719 bits per heavy atom. The summed E-state index contributed by atoms with van der Waals surface area (Å²) in [4.78, 5) is 29.8. The van der Waals surface area contributed by atoms with Crippen LogP contribution in [0.1, 0.15) is 50.0 Å². The third-order valence-corrected chi connectivity index (χ3v) is 6.57. The fraction of sp³-hybridized carbons (Fsp3) is 0.462. The van der Waals surface area contributed by atoms with Gasteiger partial charge in [-0.2, -0.15) is 0 Å². The summed E-state index contributed by atoms with van der Waals surface area (Å²) in [6.45, 7) is 6.16. The molecule has 0 radical (unpaired) electrons. The third-order valence-electron chi connectivity index (χ3n) is 6.57. The van der Waals surface area contributed by atoms with Gasteiger partial charge in [-0.15, -0.1) is 0 Å². The van der Waals surface area contributed by atoms with Crippen LogP contribution in [-0.2, 0) is 19.1 Å². The molecule has 0 saturated carbocycles. The lowest BCUT2D eigenvalue weighted by Crippen LogP contribution is -2.50. The Labute approximate surface area is 190 Å². The van der Waals surface area contributed by atoms with Crippen LogP contribution < -0.4 is 0 Å². The molecule has 0 unspecified atom stereocenters. The van der Waals surface area contributed by atoms with Gasteiger partial charge in [0.2, 0.25) is 11.8 Å². The molecule has 2 saturated heterocycles. The highest BCUT2D eigenvalue weighted by Crippen LogP contribution is 2.30. The molecule has 0 bridgehead atoms. The maximum absolute atomic E-state index is 13.0. The van der Waals surface area contributed by atoms with Crippen molar-refractivity contribution >= 4 is 11.8 Å². The summed E-state index contributed by atoms with van der Waals surface area (Å²) in [6.07, 6.45) is 0.140. The van der Waals surface area contributed by atoms with Gasteiger partial charge in [0.15, 0.2) is 0 Å². The van der Waals surface area contributed by atoms with Gasteiger partial charge in [-0.25, -0.2) is 0 Å². The molecule has 170 valence electrons. The van der Waals surface area contributed by atoms with Gasteiger partial charge in [0.05, 0.1) is 25.3 Å². The summed E-state index contributed by atoms with van der Waals surface area (Å²) in [7, 11) is 0. The number of hydrogen-bond donors (Lipinski definition) is 0. The predicted molar refractivity (Wildman–Crippen MR) is 122 cm³/mol. The van der Waals surface area contributed by atoms with Crippen LogP contribution in [0.15, 0.2) is 60.7 Å². The fourth-order valence-electron chi connectivity index (χ4n) is 4.81. The SMILES string of the molecule is C[C@@H]1[C@@H](c2ccccc2)OCCN1C(=O)CCC(=O)N1CCO[C@@H](c2ccccc2)[C@@H]1C. The van der Waals surface area contributed by atoms with Crippen LogP contribution in [0.5, 0.6) is 0 Å². The van der Waals surface area contributed by atoms with Crippen molar-refractivity contribution in [2.45, 2.75) is 51.0 Å². The lowest BCUT2D eigenvalue weighted by molar-refractivity contribution is -0.151.